The van der Waals surface area contributed by atoms with Crippen molar-refractivity contribution >= 4 is 17.6 Å². The molecule has 0 unspecified atom stereocenters. The highest BCUT2D eigenvalue weighted by atomic mass is 35.5. The summed E-state index contributed by atoms with van der Waals surface area (Å²) in [7, 11) is 1.71. The first-order chi connectivity index (χ1) is 12.5. The molecule has 1 saturated heterocycles. The van der Waals surface area contributed by atoms with Gasteiger partial charge in [0.1, 0.15) is 6.54 Å². The fourth-order valence-corrected chi connectivity index (χ4v) is 3.32. The Morgan fingerprint density at radius 2 is 2.04 bits per heavy atom. The van der Waals surface area contributed by atoms with E-state index in [-0.39, 0.29) is 18.6 Å². The quantitative estimate of drug-likeness (QED) is 0.837. The zero-order valence-corrected chi connectivity index (χ0v) is 15.9. The van der Waals surface area contributed by atoms with Crippen LogP contribution in [-0.2, 0) is 6.54 Å². The van der Waals surface area contributed by atoms with Crippen LogP contribution in [0.25, 0.3) is 0 Å². The van der Waals surface area contributed by atoms with E-state index >= 15 is 0 Å². The predicted molar refractivity (Wildman–Crippen MR) is 98.9 cm³/mol. The number of carbonyl (C=O) groups is 1. The summed E-state index contributed by atoms with van der Waals surface area (Å²) >= 11 is 6.01. The standard InChI is InChI=1S/C18H24ClN5O2/c1-13-21-17(26-22-13)12-23(2)18(25)20-11-16(24-9-3-4-10-24)14-5-7-15(19)8-6-14/h5-8,16H,3-4,9-12H2,1-2H3,(H,20,25)/t16-/m1/s1. The number of aromatic nitrogens is 2. The molecule has 0 spiro atoms. The van der Waals surface area contributed by atoms with E-state index in [1.165, 1.54) is 17.7 Å². The Kier molecular flexibility index (Phi) is 6.11. The number of nitrogens with zero attached hydrogens (tertiary/aromatic N) is 4. The monoisotopic (exact) mass is 377 g/mol. The molecule has 2 aromatic rings. The molecule has 1 aliphatic heterocycles. The molecule has 1 atom stereocenters. The number of rotatable bonds is 6. The minimum absolute atomic E-state index is 0.137. The van der Waals surface area contributed by atoms with Crippen LogP contribution in [0.3, 0.4) is 0 Å². The average molecular weight is 378 g/mol. The van der Waals surface area contributed by atoms with Crippen LogP contribution in [0, 0.1) is 6.92 Å². The summed E-state index contributed by atoms with van der Waals surface area (Å²) in [5, 5.41) is 7.48. The van der Waals surface area contributed by atoms with Gasteiger partial charge in [0, 0.05) is 18.6 Å². The van der Waals surface area contributed by atoms with E-state index in [9.17, 15) is 4.79 Å². The summed E-state index contributed by atoms with van der Waals surface area (Å²) in [5.41, 5.74) is 1.16. The van der Waals surface area contributed by atoms with Crippen LogP contribution < -0.4 is 5.32 Å². The third-order valence-corrected chi connectivity index (χ3v) is 4.82. The second-order valence-electron chi connectivity index (χ2n) is 6.59. The highest BCUT2D eigenvalue weighted by molar-refractivity contribution is 6.30. The maximum Gasteiger partial charge on any atom is 0.317 e. The van der Waals surface area contributed by atoms with Gasteiger partial charge in [0.2, 0.25) is 5.89 Å². The van der Waals surface area contributed by atoms with Gasteiger partial charge in [0.15, 0.2) is 5.82 Å². The normalized spacial score (nSPS) is 15.8. The van der Waals surface area contributed by atoms with Crippen LogP contribution in [0.4, 0.5) is 4.79 Å². The van der Waals surface area contributed by atoms with Crippen molar-refractivity contribution in [1.82, 2.24) is 25.3 Å². The van der Waals surface area contributed by atoms with E-state index in [0.717, 1.165) is 18.7 Å². The molecule has 1 N–H and O–H groups in total. The first-order valence-corrected chi connectivity index (χ1v) is 9.18. The van der Waals surface area contributed by atoms with Gasteiger partial charge in [0.05, 0.1) is 6.04 Å². The second-order valence-corrected chi connectivity index (χ2v) is 7.02. The Balaban J connectivity index is 1.61. The molecular weight excluding hydrogens is 354 g/mol. The van der Waals surface area contributed by atoms with Gasteiger partial charge in [-0.15, -0.1) is 0 Å². The number of hydrogen-bond donors (Lipinski definition) is 1. The summed E-state index contributed by atoms with van der Waals surface area (Å²) in [6.07, 6.45) is 2.38. The number of aryl methyl sites for hydroxylation is 1. The van der Waals surface area contributed by atoms with Crippen molar-refractivity contribution in [2.45, 2.75) is 32.4 Å². The van der Waals surface area contributed by atoms with Gasteiger partial charge in [-0.3, -0.25) is 4.90 Å². The molecule has 0 saturated carbocycles. The molecule has 1 fully saturated rings. The number of halogens is 1. The van der Waals surface area contributed by atoms with Crippen molar-refractivity contribution in [1.29, 1.82) is 0 Å². The van der Waals surface area contributed by atoms with Crippen molar-refractivity contribution in [3.05, 3.63) is 46.6 Å². The van der Waals surface area contributed by atoms with Crippen molar-refractivity contribution < 1.29 is 9.32 Å². The fourth-order valence-electron chi connectivity index (χ4n) is 3.19. The predicted octanol–water partition coefficient (Wildman–Crippen LogP) is 3.01. The third-order valence-electron chi connectivity index (χ3n) is 4.57. The highest BCUT2D eigenvalue weighted by Crippen LogP contribution is 2.25. The van der Waals surface area contributed by atoms with Crippen LogP contribution in [0.15, 0.2) is 28.8 Å². The molecule has 8 heteroatoms. The summed E-state index contributed by atoms with van der Waals surface area (Å²) in [6.45, 7) is 4.65. The topological polar surface area (TPSA) is 74.5 Å². The van der Waals surface area contributed by atoms with E-state index in [0.29, 0.717) is 23.3 Å². The minimum Gasteiger partial charge on any atom is -0.337 e. The van der Waals surface area contributed by atoms with Crippen molar-refractivity contribution in [3.8, 4) is 0 Å². The summed E-state index contributed by atoms with van der Waals surface area (Å²) in [6, 6.07) is 7.82. The average Bonchev–Trinajstić information content (AvgIpc) is 3.28. The van der Waals surface area contributed by atoms with E-state index in [2.05, 4.69) is 20.4 Å². The molecule has 0 bridgehead atoms. The number of nitrogens with one attached hydrogen (secondary N) is 1. The van der Waals surface area contributed by atoms with E-state index in [1.807, 2.05) is 24.3 Å². The first kappa shape index (κ1) is 18.7. The van der Waals surface area contributed by atoms with Gasteiger partial charge in [-0.1, -0.05) is 28.9 Å². The van der Waals surface area contributed by atoms with Gasteiger partial charge < -0.3 is 14.7 Å². The van der Waals surface area contributed by atoms with Crippen LogP contribution >= 0.6 is 11.6 Å². The Labute approximate surface area is 158 Å². The Bertz CT molecular complexity index is 727. The molecule has 0 aliphatic carbocycles. The maximum absolute atomic E-state index is 12.4. The van der Waals surface area contributed by atoms with Gasteiger partial charge in [-0.05, 0) is 50.6 Å². The van der Waals surface area contributed by atoms with Crippen molar-refractivity contribution in [2.75, 3.05) is 26.7 Å². The molecule has 1 aromatic heterocycles. The lowest BCUT2D eigenvalue weighted by Gasteiger charge is -2.29. The van der Waals surface area contributed by atoms with E-state index < -0.39 is 0 Å². The van der Waals surface area contributed by atoms with Gasteiger partial charge in [0.25, 0.3) is 0 Å². The summed E-state index contributed by atoms with van der Waals surface area (Å²) in [4.78, 5) is 20.5. The lowest BCUT2D eigenvalue weighted by atomic mass is 10.1. The second kappa shape index (κ2) is 8.51. The number of likely N-dealkylation sites (tertiary alicyclic amines) is 1. The number of benzene rings is 1. The minimum atomic E-state index is -0.168. The van der Waals surface area contributed by atoms with Gasteiger partial charge in [-0.2, -0.15) is 4.98 Å². The number of carbonyl (C=O) groups excluding carboxylic acids is 1. The van der Waals surface area contributed by atoms with Crippen LogP contribution in [0.1, 0.15) is 36.2 Å². The summed E-state index contributed by atoms with van der Waals surface area (Å²) in [5.74, 6) is 0.986. The van der Waals surface area contributed by atoms with Crippen molar-refractivity contribution in [2.24, 2.45) is 0 Å². The largest absolute Gasteiger partial charge is 0.337 e. The Morgan fingerprint density at radius 1 is 1.35 bits per heavy atom. The molecule has 26 heavy (non-hydrogen) atoms. The molecule has 1 aliphatic rings. The van der Waals surface area contributed by atoms with Crippen LogP contribution in [0.5, 0.6) is 0 Å². The van der Waals surface area contributed by atoms with E-state index in [4.69, 9.17) is 16.1 Å². The number of hydrogen-bond acceptors (Lipinski definition) is 5. The van der Waals surface area contributed by atoms with Gasteiger partial charge in [-0.25, -0.2) is 4.79 Å². The smallest absolute Gasteiger partial charge is 0.317 e. The zero-order chi connectivity index (χ0) is 18.5. The fraction of sp³-hybridized carbons (Fsp3) is 0.500. The lowest BCUT2D eigenvalue weighted by molar-refractivity contribution is 0.189. The molecule has 0 radical (unpaired) electrons. The Hall–Kier alpha value is -2.12. The maximum atomic E-state index is 12.4. The Morgan fingerprint density at radius 3 is 2.65 bits per heavy atom. The molecule has 1 aromatic carbocycles. The zero-order valence-electron chi connectivity index (χ0n) is 15.1. The molecule has 7 nitrogen and oxygen atoms in total. The molecule has 140 valence electrons. The van der Waals surface area contributed by atoms with Crippen LogP contribution in [-0.4, -0.2) is 52.7 Å². The lowest BCUT2D eigenvalue weighted by Crippen LogP contribution is -2.42. The molecule has 3 rings (SSSR count). The highest BCUT2D eigenvalue weighted by Gasteiger charge is 2.24. The van der Waals surface area contributed by atoms with Crippen molar-refractivity contribution in [3.63, 3.8) is 0 Å². The van der Waals surface area contributed by atoms with Crippen LogP contribution in [0.2, 0.25) is 5.02 Å². The molecular formula is C18H24ClN5O2. The SMILES string of the molecule is Cc1noc(CN(C)C(=O)NC[C@H](c2ccc(Cl)cc2)N2CCCC2)n1. The van der Waals surface area contributed by atoms with Gasteiger partial charge >= 0.3 is 6.03 Å². The number of amides is 2. The third kappa shape index (κ3) is 4.74. The summed E-state index contributed by atoms with van der Waals surface area (Å²) < 4.78 is 5.07. The number of urea groups is 1. The molecule has 2 heterocycles. The van der Waals surface area contributed by atoms with E-state index in [1.54, 1.807) is 14.0 Å². The first-order valence-electron chi connectivity index (χ1n) is 8.80. The molecule has 2 amide bonds.